The van der Waals surface area contributed by atoms with E-state index in [1.54, 1.807) is 17.3 Å². The summed E-state index contributed by atoms with van der Waals surface area (Å²) in [6.45, 7) is 7.79. The minimum atomic E-state index is -0.0236. The lowest BCUT2D eigenvalue weighted by atomic mass is 10.2. The van der Waals surface area contributed by atoms with Crippen molar-refractivity contribution in [2.75, 3.05) is 46.3 Å². The Labute approximate surface area is 168 Å². The minimum Gasteiger partial charge on any atom is -0.338 e. The molecule has 0 saturated carbocycles. The summed E-state index contributed by atoms with van der Waals surface area (Å²) >= 11 is 0. The molecule has 0 bridgehead atoms. The maximum atomic E-state index is 12.2. The highest BCUT2D eigenvalue weighted by molar-refractivity contribution is 5.73. The predicted molar refractivity (Wildman–Crippen MR) is 112 cm³/mol. The summed E-state index contributed by atoms with van der Waals surface area (Å²) in [6, 6.07) is 14.5. The molecule has 1 aromatic carbocycles. The lowest BCUT2D eigenvalue weighted by Gasteiger charge is -2.34. The van der Waals surface area contributed by atoms with Crippen LogP contribution in [0.1, 0.15) is 17.5 Å². The van der Waals surface area contributed by atoms with Crippen molar-refractivity contribution in [1.29, 1.82) is 0 Å². The van der Waals surface area contributed by atoms with Crippen molar-refractivity contribution >= 4 is 6.03 Å². The third kappa shape index (κ3) is 6.62. The Hall–Kier alpha value is -2.44. The van der Waals surface area contributed by atoms with Gasteiger partial charge in [0.25, 0.3) is 0 Å². The van der Waals surface area contributed by atoms with Crippen LogP contribution in [0.2, 0.25) is 0 Å². The molecule has 2 aromatic rings. The molecule has 1 aliphatic heterocycles. The van der Waals surface area contributed by atoms with Crippen molar-refractivity contribution in [3.8, 4) is 0 Å². The molecule has 0 unspecified atom stereocenters. The number of rotatable bonds is 8. The Kier molecular flexibility index (Phi) is 7.82. The molecule has 2 heterocycles. The number of hydrogen-bond acceptors (Lipinski definition) is 4. The number of urea groups is 1. The van der Waals surface area contributed by atoms with E-state index in [-0.39, 0.29) is 6.03 Å². The van der Waals surface area contributed by atoms with Gasteiger partial charge in [-0.15, -0.1) is 0 Å². The van der Waals surface area contributed by atoms with Crippen LogP contribution in [-0.2, 0) is 13.1 Å². The number of carbonyl (C=O) groups is 1. The normalized spacial score (nSPS) is 15.3. The van der Waals surface area contributed by atoms with E-state index in [9.17, 15) is 4.79 Å². The number of pyridine rings is 1. The number of piperazine rings is 1. The topological polar surface area (TPSA) is 51.7 Å². The first-order valence-electron chi connectivity index (χ1n) is 10.1. The van der Waals surface area contributed by atoms with Crippen LogP contribution in [0.15, 0.2) is 54.9 Å². The predicted octanol–water partition coefficient (Wildman–Crippen LogP) is 2.43. The number of nitrogens with one attached hydrogen (secondary N) is 1. The number of hydrogen-bond donors (Lipinski definition) is 1. The number of benzene rings is 1. The van der Waals surface area contributed by atoms with Crippen molar-refractivity contribution in [2.45, 2.75) is 19.5 Å². The van der Waals surface area contributed by atoms with Gasteiger partial charge in [-0.25, -0.2) is 4.79 Å². The molecule has 6 nitrogen and oxygen atoms in total. The highest BCUT2D eigenvalue weighted by atomic mass is 16.2. The third-order valence-corrected chi connectivity index (χ3v) is 5.16. The summed E-state index contributed by atoms with van der Waals surface area (Å²) in [5.74, 6) is 0. The van der Waals surface area contributed by atoms with Gasteiger partial charge in [0.1, 0.15) is 0 Å². The van der Waals surface area contributed by atoms with E-state index in [2.05, 4.69) is 50.4 Å². The fraction of sp³-hybridized carbons (Fsp3) is 0.455. The molecule has 1 fully saturated rings. The van der Waals surface area contributed by atoms with Gasteiger partial charge in [-0.3, -0.25) is 9.88 Å². The lowest BCUT2D eigenvalue weighted by molar-refractivity contribution is 0.126. The standard InChI is InChI=1S/C22H31N5O/c1-25(18-21-8-11-23-12-9-21)22(28)24-10-5-13-26-14-16-27(17-15-26)19-20-6-3-2-4-7-20/h2-4,6-9,11-12H,5,10,13-19H2,1H3,(H,24,28). The molecule has 1 N–H and O–H groups in total. The second-order valence-electron chi connectivity index (χ2n) is 7.40. The van der Waals surface area contributed by atoms with E-state index < -0.39 is 0 Å². The zero-order chi connectivity index (χ0) is 19.6. The van der Waals surface area contributed by atoms with Crippen LogP contribution in [0.25, 0.3) is 0 Å². The highest BCUT2D eigenvalue weighted by Crippen LogP contribution is 2.08. The summed E-state index contributed by atoms with van der Waals surface area (Å²) in [4.78, 5) is 22.9. The van der Waals surface area contributed by atoms with Crippen LogP contribution in [0.5, 0.6) is 0 Å². The first kappa shape index (κ1) is 20.3. The fourth-order valence-electron chi connectivity index (χ4n) is 3.48. The fourth-order valence-corrected chi connectivity index (χ4v) is 3.48. The molecule has 0 aliphatic carbocycles. The van der Waals surface area contributed by atoms with E-state index in [1.165, 1.54) is 5.56 Å². The van der Waals surface area contributed by atoms with Crippen molar-refractivity contribution in [3.63, 3.8) is 0 Å². The second-order valence-corrected chi connectivity index (χ2v) is 7.40. The molecule has 6 heteroatoms. The largest absolute Gasteiger partial charge is 0.338 e. The summed E-state index contributed by atoms with van der Waals surface area (Å²) in [5, 5.41) is 3.02. The monoisotopic (exact) mass is 381 g/mol. The quantitative estimate of drug-likeness (QED) is 0.714. The van der Waals surface area contributed by atoms with Crippen LogP contribution >= 0.6 is 0 Å². The molecule has 150 valence electrons. The Bertz CT molecular complexity index is 701. The Balaban J connectivity index is 1.27. The van der Waals surface area contributed by atoms with Gasteiger partial charge in [0, 0.05) is 65.3 Å². The van der Waals surface area contributed by atoms with Gasteiger partial charge in [-0.2, -0.15) is 0 Å². The summed E-state index contributed by atoms with van der Waals surface area (Å²) < 4.78 is 0. The maximum Gasteiger partial charge on any atom is 0.317 e. The smallest absolute Gasteiger partial charge is 0.317 e. The van der Waals surface area contributed by atoms with Crippen LogP contribution in [0.3, 0.4) is 0 Å². The van der Waals surface area contributed by atoms with Crippen molar-refractivity contribution in [3.05, 3.63) is 66.0 Å². The van der Waals surface area contributed by atoms with Crippen LogP contribution in [0.4, 0.5) is 4.79 Å². The van der Waals surface area contributed by atoms with E-state index in [4.69, 9.17) is 0 Å². The number of carbonyl (C=O) groups excluding carboxylic acids is 1. The highest BCUT2D eigenvalue weighted by Gasteiger charge is 2.16. The van der Waals surface area contributed by atoms with Crippen LogP contribution < -0.4 is 5.32 Å². The first-order valence-corrected chi connectivity index (χ1v) is 10.1. The Morgan fingerprint density at radius 2 is 1.68 bits per heavy atom. The van der Waals surface area contributed by atoms with Crippen LogP contribution in [0, 0.1) is 0 Å². The van der Waals surface area contributed by atoms with Gasteiger partial charge in [-0.1, -0.05) is 30.3 Å². The van der Waals surface area contributed by atoms with Gasteiger partial charge in [0.2, 0.25) is 0 Å². The summed E-state index contributed by atoms with van der Waals surface area (Å²) in [6.07, 6.45) is 4.48. The molecule has 1 aliphatic rings. The van der Waals surface area contributed by atoms with E-state index in [0.29, 0.717) is 13.1 Å². The van der Waals surface area contributed by atoms with Crippen molar-refractivity contribution < 1.29 is 4.79 Å². The van der Waals surface area contributed by atoms with Gasteiger partial charge < -0.3 is 15.1 Å². The molecule has 1 saturated heterocycles. The first-order chi connectivity index (χ1) is 13.7. The molecular weight excluding hydrogens is 350 g/mol. The lowest BCUT2D eigenvalue weighted by Crippen LogP contribution is -2.46. The molecule has 0 atom stereocenters. The molecule has 3 rings (SSSR count). The SMILES string of the molecule is CN(Cc1ccncc1)C(=O)NCCCN1CCN(Cc2ccccc2)CC1. The zero-order valence-electron chi connectivity index (χ0n) is 16.8. The summed E-state index contributed by atoms with van der Waals surface area (Å²) in [7, 11) is 1.82. The molecule has 0 spiro atoms. The van der Waals surface area contributed by atoms with E-state index in [1.807, 2.05) is 19.2 Å². The summed E-state index contributed by atoms with van der Waals surface area (Å²) in [5.41, 5.74) is 2.47. The van der Waals surface area contributed by atoms with Crippen LogP contribution in [-0.4, -0.2) is 72.0 Å². The Morgan fingerprint density at radius 3 is 2.39 bits per heavy atom. The van der Waals surface area contributed by atoms with Crippen molar-refractivity contribution in [2.24, 2.45) is 0 Å². The molecule has 1 aromatic heterocycles. The average molecular weight is 382 g/mol. The molecule has 2 amide bonds. The molecular formula is C22H31N5O. The third-order valence-electron chi connectivity index (χ3n) is 5.16. The molecule has 0 radical (unpaired) electrons. The molecule has 28 heavy (non-hydrogen) atoms. The van der Waals surface area contributed by atoms with Gasteiger partial charge in [0.05, 0.1) is 0 Å². The van der Waals surface area contributed by atoms with Gasteiger partial charge in [-0.05, 0) is 36.2 Å². The van der Waals surface area contributed by atoms with Crippen molar-refractivity contribution in [1.82, 2.24) is 25.0 Å². The van der Waals surface area contributed by atoms with Gasteiger partial charge in [0.15, 0.2) is 0 Å². The maximum absolute atomic E-state index is 12.2. The minimum absolute atomic E-state index is 0.0236. The second kappa shape index (κ2) is 10.8. The van der Waals surface area contributed by atoms with Gasteiger partial charge >= 0.3 is 6.03 Å². The average Bonchev–Trinajstić information content (AvgIpc) is 2.73. The van der Waals surface area contributed by atoms with E-state index in [0.717, 1.165) is 51.3 Å². The number of aromatic nitrogens is 1. The van der Waals surface area contributed by atoms with E-state index >= 15 is 0 Å². The zero-order valence-corrected chi connectivity index (χ0v) is 16.8. The number of amides is 2. The number of nitrogens with zero attached hydrogens (tertiary/aromatic N) is 4. The Morgan fingerprint density at radius 1 is 1.00 bits per heavy atom.